The van der Waals surface area contributed by atoms with Crippen molar-refractivity contribution in [1.82, 2.24) is 4.73 Å². The zero-order chi connectivity index (χ0) is 10.8. The van der Waals surface area contributed by atoms with Crippen LogP contribution in [0.3, 0.4) is 0 Å². The molecule has 0 bridgehead atoms. The normalized spacial score (nSPS) is 10.1. The van der Waals surface area contributed by atoms with E-state index in [9.17, 15) is 15.0 Å². The van der Waals surface area contributed by atoms with Crippen LogP contribution in [-0.2, 0) is 0 Å². The fourth-order valence-corrected chi connectivity index (χ4v) is 1.02. The van der Waals surface area contributed by atoms with Gasteiger partial charge in [0.1, 0.15) is 0 Å². The van der Waals surface area contributed by atoms with Gasteiger partial charge in [-0.15, -0.1) is 4.73 Å². The second kappa shape index (κ2) is 3.41. The molecule has 15 heavy (non-hydrogen) atoms. The number of hydrogen-bond acceptors (Lipinski definition) is 5. The Balaban J connectivity index is 2.20. The van der Waals surface area contributed by atoms with Gasteiger partial charge in [-0.25, -0.2) is 4.79 Å². The van der Waals surface area contributed by atoms with Crippen LogP contribution in [-0.4, -0.2) is 20.9 Å². The summed E-state index contributed by atoms with van der Waals surface area (Å²) < 4.78 is 5.36. The number of aromatic nitrogens is 1. The topological polar surface area (TPSA) is 84.8 Å². The van der Waals surface area contributed by atoms with Gasteiger partial charge >= 0.3 is 5.97 Å². The molecule has 6 heteroatoms. The van der Waals surface area contributed by atoms with Gasteiger partial charge in [-0.2, -0.15) is 0 Å². The largest absolute Gasteiger partial charge is 0.492 e. The van der Waals surface area contributed by atoms with Gasteiger partial charge in [0.25, 0.3) is 0 Å². The Labute approximate surface area is 83.9 Å². The lowest BCUT2D eigenvalue weighted by Crippen LogP contribution is -2.18. The standard InChI is InChI=1S/C9H7NO5/c11-7-3-4-8(12)10(7)15-9(13)6-2-1-5-14-6/h1-5,11-12H. The molecule has 0 atom stereocenters. The zero-order valence-electron chi connectivity index (χ0n) is 7.45. The Morgan fingerprint density at radius 1 is 1.27 bits per heavy atom. The molecule has 2 heterocycles. The Morgan fingerprint density at radius 2 is 1.93 bits per heavy atom. The minimum Gasteiger partial charge on any atom is -0.492 e. The first-order valence-electron chi connectivity index (χ1n) is 4.04. The maximum absolute atomic E-state index is 11.3. The SMILES string of the molecule is O=C(On1c(O)ccc1O)c1ccco1. The Morgan fingerprint density at radius 3 is 2.47 bits per heavy atom. The van der Waals surface area contributed by atoms with Crippen molar-refractivity contribution in [3.05, 3.63) is 36.3 Å². The Hall–Kier alpha value is -2.37. The van der Waals surface area contributed by atoms with E-state index in [0.717, 1.165) is 0 Å². The third kappa shape index (κ3) is 1.64. The highest BCUT2D eigenvalue weighted by atomic mass is 16.7. The van der Waals surface area contributed by atoms with Gasteiger partial charge in [0.15, 0.2) is 0 Å². The molecule has 0 saturated heterocycles. The van der Waals surface area contributed by atoms with Gasteiger partial charge in [0.2, 0.25) is 17.5 Å². The quantitative estimate of drug-likeness (QED) is 0.762. The van der Waals surface area contributed by atoms with Crippen molar-refractivity contribution in [3.63, 3.8) is 0 Å². The molecule has 2 N–H and O–H groups in total. The maximum Gasteiger partial charge on any atom is 0.398 e. The van der Waals surface area contributed by atoms with Crippen LogP contribution in [0.25, 0.3) is 0 Å². The third-order valence-electron chi connectivity index (χ3n) is 1.69. The predicted molar refractivity (Wildman–Crippen MR) is 47.4 cm³/mol. The molecule has 0 unspecified atom stereocenters. The smallest absolute Gasteiger partial charge is 0.398 e. The lowest BCUT2D eigenvalue weighted by Gasteiger charge is -2.04. The van der Waals surface area contributed by atoms with Crippen LogP contribution in [0.1, 0.15) is 10.6 Å². The summed E-state index contributed by atoms with van der Waals surface area (Å²) in [7, 11) is 0. The van der Waals surface area contributed by atoms with Crippen LogP contribution in [0, 0.1) is 0 Å². The summed E-state index contributed by atoms with van der Waals surface area (Å²) in [6.07, 6.45) is 1.31. The predicted octanol–water partition coefficient (Wildman–Crippen LogP) is 0.761. The molecular weight excluding hydrogens is 202 g/mol. The number of rotatable bonds is 2. The monoisotopic (exact) mass is 209 g/mol. The van der Waals surface area contributed by atoms with Crippen LogP contribution < -0.4 is 4.84 Å². The summed E-state index contributed by atoms with van der Waals surface area (Å²) in [6.45, 7) is 0. The summed E-state index contributed by atoms with van der Waals surface area (Å²) in [4.78, 5) is 16.0. The van der Waals surface area contributed by atoms with Crippen molar-refractivity contribution in [2.24, 2.45) is 0 Å². The van der Waals surface area contributed by atoms with Gasteiger partial charge in [-0.05, 0) is 12.1 Å². The highest BCUT2D eigenvalue weighted by Gasteiger charge is 2.15. The molecule has 2 aromatic heterocycles. The Kier molecular flexibility index (Phi) is 2.09. The maximum atomic E-state index is 11.3. The minimum atomic E-state index is -0.818. The first-order chi connectivity index (χ1) is 7.18. The van der Waals surface area contributed by atoms with Gasteiger partial charge in [-0.1, -0.05) is 0 Å². The highest BCUT2D eigenvalue weighted by molar-refractivity contribution is 5.86. The van der Waals surface area contributed by atoms with Gasteiger partial charge in [0, 0.05) is 12.1 Å². The minimum absolute atomic E-state index is 0.0255. The zero-order valence-corrected chi connectivity index (χ0v) is 7.45. The van der Waals surface area contributed by atoms with E-state index >= 15 is 0 Å². The number of hydrogen-bond donors (Lipinski definition) is 2. The fourth-order valence-electron chi connectivity index (χ4n) is 1.02. The van der Waals surface area contributed by atoms with Crippen LogP contribution in [0.2, 0.25) is 0 Å². The number of furan rings is 1. The summed E-state index contributed by atoms with van der Waals surface area (Å²) in [5.74, 6) is -1.61. The van der Waals surface area contributed by atoms with E-state index in [0.29, 0.717) is 4.73 Å². The number of carbonyl (C=O) groups excluding carboxylic acids is 1. The summed E-state index contributed by atoms with van der Waals surface area (Å²) >= 11 is 0. The van der Waals surface area contributed by atoms with Crippen molar-refractivity contribution in [1.29, 1.82) is 0 Å². The average molecular weight is 209 g/mol. The van der Waals surface area contributed by atoms with Crippen LogP contribution in [0.4, 0.5) is 0 Å². The summed E-state index contributed by atoms with van der Waals surface area (Å²) in [5.41, 5.74) is 0. The fraction of sp³-hybridized carbons (Fsp3) is 0. The lowest BCUT2D eigenvalue weighted by atomic mass is 10.5. The molecule has 0 spiro atoms. The molecule has 0 radical (unpaired) electrons. The van der Waals surface area contributed by atoms with Crippen LogP contribution >= 0.6 is 0 Å². The molecule has 0 aliphatic rings. The molecule has 6 nitrogen and oxygen atoms in total. The molecule has 78 valence electrons. The van der Waals surface area contributed by atoms with E-state index in [-0.39, 0.29) is 17.5 Å². The van der Waals surface area contributed by atoms with E-state index in [4.69, 9.17) is 4.42 Å². The van der Waals surface area contributed by atoms with Crippen molar-refractivity contribution in [2.45, 2.75) is 0 Å². The molecule has 0 saturated carbocycles. The molecule has 0 aromatic carbocycles. The van der Waals surface area contributed by atoms with Crippen molar-refractivity contribution < 1.29 is 24.3 Å². The van der Waals surface area contributed by atoms with Crippen LogP contribution in [0.15, 0.2) is 34.9 Å². The number of carbonyl (C=O) groups is 1. The van der Waals surface area contributed by atoms with E-state index in [1.807, 2.05) is 0 Å². The van der Waals surface area contributed by atoms with E-state index in [1.54, 1.807) is 0 Å². The number of nitrogens with zero attached hydrogens (tertiary/aromatic N) is 1. The molecule has 0 aliphatic heterocycles. The first kappa shape index (κ1) is 9.20. The van der Waals surface area contributed by atoms with Crippen LogP contribution in [0.5, 0.6) is 11.8 Å². The third-order valence-corrected chi connectivity index (χ3v) is 1.69. The molecule has 0 amide bonds. The van der Waals surface area contributed by atoms with Crippen molar-refractivity contribution >= 4 is 5.97 Å². The summed E-state index contributed by atoms with van der Waals surface area (Å²) in [5, 5.41) is 18.3. The molecule has 2 rings (SSSR count). The van der Waals surface area contributed by atoms with E-state index in [2.05, 4.69) is 4.84 Å². The molecule has 0 fully saturated rings. The Bertz CT molecular complexity index is 451. The summed E-state index contributed by atoms with van der Waals surface area (Å²) in [6, 6.07) is 5.29. The second-order valence-electron chi connectivity index (χ2n) is 2.70. The van der Waals surface area contributed by atoms with Crippen molar-refractivity contribution in [2.75, 3.05) is 0 Å². The van der Waals surface area contributed by atoms with Gasteiger partial charge in [0.05, 0.1) is 6.26 Å². The van der Waals surface area contributed by atoms with E-state index < -0.39 is 5.97 Å². The lowest BCUT2D eigenvalue weighted by molar-refractivity contribution is 0.0347. The van der Waals surface area contributed by atoms with Gasteiger partial charge < -0.3 is 19.5 Å². The number of aromatic hydroxyl groups is 2. The first-order valence-corrected chi connectivity index (χ1v) is 4.04. The highest BCUT2D eigenvalue weighted by Crippen LogP contribution is 2.19. The molecular formula is C9H7NO5. The average Bonchev–Trinajstić information content (AvgIpc) is 2.82. The second-order valence-corrected chi connectivity index (χ2v) is 2.70. The molecule has 0 aliphatic carbocycles. The van der Waals surface area contributed by atoms with Gasteiger partial charge in [-0.3, -0.25) is 0 Å². The van der Waals surface area contributed by atoms with E-state index in [1.165, 1.54) is 30.5 Å². The van der Waals surface area contributed by atoms with Crippen molar-refractivity contribution in [3.8, 4) is 11.8 Å². The molecule has 2 aromatic rings.